The molecule has 348 valence electrons. The van der Waals surface area contributed by atoms with Gasteiger partial charge in [0.1, 0.15) is 61.0 Å². The van der Waals surface area contributed by atoms with E-state index in [1.165, 1.54) is 25.8 Å². The maximum absolute atomic E-state index is 12.0. The minimum atomic E-state index is -1.71. The van der Waals surface area contributed by atoms with E-state index in [9.17, 15) is 40.9 Å². The first kappa shape index (κ1) is 45.3. The third-order valence-corrected chi connectivity index (χ3v) is 17.6. The van der Waals surface area contributed by atoms with Crippen LogP contribution in [0.1, 0.15) is 99.3 Å². The number of allylic oxidation sites excluding steroid dienone is 1. The van der Waals surface area contributed by atoms with Crippen molar-refractivity contribution in [3.8, 4) is 0 Å². The fourth-order valence-electron chi connectivity index (χ4n) is 14.0. The summed E-state index contributed by atoms with van der Waals surface area (Å²) in [6.45, 7) is 12.7. The number of fused-ring (bicyclic) bond motifs is 7. The zero-order valence-corrected chi connectivity index (χ0v) is 36.5. The molecule has 1 spiro atoms. The predicted molar refractivity (Wildman–Crippen MR) is 213 cm³/mol. The van der Waals surface area contributed by atoms with E-state index in [1.54, 1.807) is 0 Å². The van der Waals surface area contributed by atoms with Crippen molar-refractivity contribution in [2.75, 3.05) is 13.2 Å². The summed E-state index contributed by atoms with van der Waals surface area (Å²) in [4.78, 5) is 0. The number of ether oxygens (including phenoxy) is 8. The van der Waals surface area contributed by atoms with Crippen LogP contribution in [0, 0.1) is 46.3 Å². The van der Waals surface area contributed by atoms with Crippen LogP contribution in [0.25, 0.3) is 0 Å². The summed E-state index contributed by atoms with van der Waals surface area (Å²) in [6.07, 6.45) is -10.4. The average molecular weight is 869 g/mol. The van der Waals surface area contributed by atoms with Gasteiger partial charge in [0.05, 0.1) is 37.6 Å². The second-order valence-electron chi connectivity index (χ2n) is 21.1. The van der Waals surface area contributed by atoms with E-state index in [4.69, 9.17) is 37.9 Å². The summed E-state index contributed by atoms with van der Waals surface area (Å²) in [6, 6.07) is 0. The molecule has 16 nitrogen and oxygen atoms in total. The first-order valence-electron chi connectivity index (χ1n) is 23.2. The molecule has 8 fully saturated rings. The Morgan fingerprint density at radius 1 is 0.689 bits per heavy atom. The molecule has 0 aromatic heterocycles. The van der Waals surface area contributed by atoms with E-state index in [2.05, 4.69) is 33.8 Å². The zero-order valence-electron chi connectivity index (χ0n) is 36.5. The minimum absolute atomic E-state index is 0.0171. The van der Waals surface area contributed by atoms with E-state index in [0.717, 1.165) is 45.1 Å². The molecule has 5 heterocycles. The van der Waals surface area contributed by atoms with Crippen LogP contribution in [-0.2, 0) is 37.9 Å². The van der Waals surface area contributed by atoms with Gasteiger partial charge in [0.15, 0.2) is 24.7 Å². The van der Waals surface area contributed by atoms with Crippen LogP contribution < -0.4 is 0 Å². The third kappa shape index (κ3) is 7.42. The van der Waals surface area contributed by atoms with Gasteiger partial charge in [-0.15, -0.1) is 0 Å². The standard InChI is InChI=1S/C45H72O16/c1-19-9-14-45(54-18-19)20(2)30-28(61-45)16-27-25-8-7-23-15-24(10-12-43(23,5)26(25)11-13-44(27,30)6)57-42-39(60-41-36(52)34(50)32(48)22(4)56-41)37(53)38(29(17-46)58-42)59-40-35(51)33(49)31(47)21(3)55-40/h7,19-22,24-42,46-53H,8-18H2,1-6H3/t19-,20?,21-,22-,24-,25?,26?,27?,28?,29+,30?,31-,32-,33+,34+,35+,36+,37-,38+,39+,40-,41-,42+,43-,44-,45?/m0/s1. The van der Waals surface area contributed by atoms with Crippen LogP contribution >= 0.6 is 0 Å². The van der Waals surface area contributed by atoms with E-state index in [0.29, 0.717) is 48.3 Å². The van der Waals surface area contributed by atoms with Gasteiger partial charge in [-0.1, -0.05) is 39.3 Å². The summed E-state index contributed by atoms with van der Waals surface area (Å²) >= 11 is 0. The van der Waals surface area contributed by atoms with Crippen LogP contribution in [0.3, 0.4) is 0 Å². The molecule has 0 aromatic rings. The maximum Gasteiger partial charge on any atom is 0.187 e. The molecule has 0 aromatic carbocycles. The molecule has 61 heavy (non-hydrogen) atoms. The SMILES string of the molecule is CC1C2C(CC3C4CC=C5C[C@@H](O[C@@H]6O[C@H](CO)[C@@H](O[C@@H]7O[C@@H](C)[C@H](O)[C@@H](O)[C@H]7O)[C@H](O)[C@H]6O[C@@H]6O[C@@H](C)[C@H](O)[C@@H](O)[C@H]6O)CC[C@]5(C)C4CC[C@@]32C)OC12CC[C@H](C)CO2. The highest BCUT2D eigenvalue weighted by molar-refractivity contribution is 5.26. The van der Waals surface area contributed by atoms with Crippen molar-refractivity contribution in [1.29, 1.82) is 0 Å². The van der Waals surface area contributed by atoms with Gasteiger partial charge < -0.3 is 78.7 Å². The molecule has 4 aliphatic carbocycles. The smallest absolute Gasteiger partial charge is 0.187 e. The monoisotopic (exact) mass is 868 g/mol. The summed E-state index contributed by atoms with van der Waals surface area (Å²) in [5.41, 5.74) is 1.53. The number of hydrogen-bond acceptors (Lipinski definition) is 16. The lowest BCUT2D eigenvalue weighted by molar-refractivity contribution is -0.388. The van der Waals surface area contributed by atoms with Crippen molar-refractivity contribution in [1.82, 2.24) is 0 Å². The van der Waals surface area contributed by atoms with E-state index in [-0.39, 0.29) is 23.0 Å². The first-order valence-corrected chi connectivity index (χ1v) is 23.2. The molecule has 9 rings (SSSR count). The van der Waals surface area contributed by atoms with Gasteiger partial charge >= 0.3 is 0 Å². The first-order chi connectivity index (χ1) is 28.9. The Balaban J connectivity index is 0.916. The molecule has 0 amide bonds. The largest absolute Gasteiger partial charge is 0.394 e. The second kappa shape index (κ2) is 16.8. The molecule has 5 aliphatic heterocycles. The molecule has 7 unspecified atom stereocenters. The minimum Gasteiger partial charge on any atom is -0.394 e. The Morgan fingerprint density at radius 3 is 1.97 bits per heavy atom. The Hall–Kier alpha value is -0.900. The Morgan fingerprint density at radius 2 is 1.34 bits per heavy atom. The summed E-state index contributed by atoms with van der Waals surface area (Å²) in [7, 11) is 0. The van der Waals surface area contributed by atoms with Gasteiger partial charge in [0, 0.05) is 12.3 Å². The Bertz CT molecular complexity index is 1590. The highest BCUT2D eigenvalue weighted by Gasteiger charge is 2.69. The van der Waals surface area contributed by atoms with Crippen LogP contribution in [0.5, 0.6) is 0 Å². The Kier molecular flexibility index (Phi) is 12.4. The topological polar surface area (TPSA) is 236 Å². The number of hydrogen-bond donors (Lipinski definition) is 8. The highest BCUT2D eigenvalue weighted by atomic mass is 16.8. The lowest BCUT2D eigenvalue weighted by Crippen LogP contribution is -2.66. The number of rotatable bonds is 7. The van der Waals surface area contributed by atoms with E-state index in [1.807, 2.05) is 0 Å². The molecule has 8 N–H and O–H groups in total. The fraction of sp³-hybridized carbons (Fsp3) is 0.956. The molecule has 16 heteroatoms. The summed E-state index contributed by atoms with van der Waals surface area (Å²) < 4.78 is 50.1. The zero-order chi connectivity index (χ0) is 43.5. The van der Waals surface area contributed by atoms with Gasteiger partial charge in [-0.05, 0) is 106 Å². The van der Waals surface area contributed by atoms with Crippen molar-refractivity contribution in [3.05, 3.63) is 11.6 Å². The lowest BCUT2D eigenvalue weighted by Gasteiger charge is -2.58. The van der Waals surface area contributed by atoms with Crippen LogP contribution in [0.2, 0.25) is 0 Å². The summed E-state index contributed by atoms with van der Waals surface area (Å²) in [5, 5.41) is 85.9. The van der Waals surface area contributed by atoms with Gasteiger partial charge in [0.2, 0.25) is 0 Å². The molecule has 3 saturated carbocycles. The van der Waals surface area contributed by atoms with Crippen molar-refractivity contribution < 1.29 is 78.7 Å². The summed E-state index contributed by atoms with van der Waals surface area (Å²) in [5.74, 6) is 2.64. The van der Waals surface area contributed by atoms with Gasteiger partial charge in [-0.25, -0.2) is 0 Å². The maximum atomic E-state index is 12.0. The molecule has 0 radical (unpaired) electrons. The fourth-order valence-corrected chi connectivity index (χ4v) is 14.0. The van der Waals surface area contributed by atoms with Gasteiger partial charge in [0.25, 0.3) is 0 Å². The van der Waals surface area contributed by atoms with Gasteiger partial charge in [-0.3, -0.25) is 0 Å². The lowest BCUT2D eigenvalue weighted by atomic mass is 9.47. The van der Waals surface area contributed by atoms with Crippen LogP contribution in [-0.4, -0.2) is 164 Å². The quantitative estimate of drug-likeness (QED) is 0.168. The van der Waals surface area contributed by atoms with E-state index >= 15 is 0 Å². The normalized spacial score (nSPS) is 58.4. The molecule has 5 saturated heterocycles. The molecule has 0 bridgehead atoms. The molecule has 26 atom stereocenters. The van der Waals surface area contributed by atoms with Crippen molar-refractivity contribution in [2.24, 2.45) is 46.3 Å². The van der Waals surface area contributed by atoms with Crippen LogP contribution in [0.15, 0.2) is 11.6 Å². The van der Waals surface area contributed by atoms with E-state index < -0.39 is 105 Å². The number of aliphatic hydroxyl groups excluding tert-OH is 8. The predicted octanol–water partition coefficient (Wildman–Crippen LogP) is 1.24. The second-order valence-corrected chi connectivity index (χ2v) is 21.1. The highest BCUT2D eigenvalue weighted by Crippen LogP contribution is 2.70. The van der Waals surface area contributed by atoms with Gasteiger partial charge in [-0.2, -0.15) is 0 Å². The Labute approximate surface area is 358 Å². The number of aliphatic hydroxyl groups is 8. The third-order valence-electron chi connectivity index (χ3n) is 17.6. The van der Waals surface area contributed by atoms with Crippen LogP contribution in [0.4, 0.5) is 0 Å². The molecular formula is C45H72O16. The molecular weight excluding hydrogens is 796 g/mol. The average Bonchev–Trinajstić information content (AvgIpc) is 3.69. The molecule has 9 aliphatic rings. The van der Waals surface area contributed by atoms with Crippen molar-refractivity contribution in [2.45, 2.75) is 209 Å². The van der Waals surface area contributed by atoms with Crippen molar-refractivity contribution >= 4 is 0 Å². The van der Waals surface area contributed by atoms with Crippen molar-refractivity contribution in [3.63, 3.8) is 0 Å².